The molecule has 2 heterocycles. The Labute approximate surface area is 106 Å². The molecule has 1 aliphatic carbocycles. The van der Waals surface area contributed by atoms with Crippen LogP contribution in [0.25, 0.3) is 17.0 Å². The number of para-hydroxylation sites is 1. The number of hydrogen-bond donors (Lipinski definition) is 1. The number of H-pyrrole nitrogens is 1. The molecule has 1 aromatic heterocycles. The third-order valence-electron chi connectivity index (χ3n) is 3.79. The minimum Gasteiger partial charge on any atom is -0.355 e. The summed E-state index contributed by atoms with van der Waals surface area (Å²) in [6.45, 7) is 0. The van der Waals surface area contributed by atoms with Gasteiger partial charge in [-0.3, -0.25) is 4.99 Å². The van der Waals surface area contributed by atoms with Gasteiger partial charge in [0.25, 0.3) is 0 Å². The molecule has 4 rings (SSSR count). The molecule has 2 nitrogen and oxygen atoms in total. The summed E-state index contributed by atoms with van der Waals surface area (Å²) < 4.78 is 0. The molecule has 18 heavy (non-hydrogen) atoms. The SMILES string of the molecule is C1=CC2CC(=CC=N2)Cc2c1[nH]c1ccccc21. The molecule has 1 N–H and O–H groups in total. The lowest BCUT2D eigenvalue weighted by Crippen LogP contribution is -2.10. The van der Waals surface area contributed by atoms with E-state index in [1.165, 1.54) is 27.7 Å². The van der Waals surface area contributed by atoms with Gasteiger partial charge in [0, 0.05) is 22.8 Å². The first-order valence-corrected chi connectivity index (χ1v) is 6.39. The zero-order chi connectivity index (χ0) is 11.9. The second-order valence-corrected chi connectivity index (χ2v) is 4.99. The molecule has 2 aromatic rings. The quantitative estimate of drug-likeness (QED) is 0.722. The molecule has 1 aliphatic heterocycles. The van der Waals surface area contributed by atoms with E-state index in [1.54, 1.807) is 0 Å². The average molecular weight is 234 g/mol. The second-order valence-electron chi connectivity index (χ2n) is 4.99. The van der Waals surface area contributed by atoms with Crippen LogP contribution in [0, 0.1) is 0 Å². The Hall–Kier alpha value is -2.09. The summed E-state index contributed by atoms with van der Waals surface area (Å²) in [5.74, 6) is 0. The van der Waals surface area contributed by atoms with Gasteiger partial charge in [0.15, 0.2) is 0 Å². The highest BCUT2D eigenvalue weighted by atomic mass is 14.8. The number of hydrogen-bond acceptors (Lipinski definition) is 1. The van der Waals surface area contributed by atoms with Gasteiger partial charge in [0.05, 0.1) is 6.04 Å². The van der Waals surface area contributed by atoms with Crippen molar-refractivity contribution < 1.29 is 0 Å². The number of rotatable bonds is 0. The molecule has 0 amide bonds. The maximum atomic E-state index is 4.48. The van der Waals surface area contributed by atoms with Crippen molar-refractivity contribution in [1.29, 1.82) is 0 Å². The summed E-state index contributed by atoms with van der Waals surface area (Å²) in [7, 11) is 0. The maximum absolute atomic E-state index is 4.48. The van der Waals surface area contributed by atoms with Crippen molar-refractivity contribution in [3.63, 3.8) is 0 Å². The fourth-order valence-corrected chi connectivity index (χ4v) is 2.89. The van der Waals surface area contributed by atoms with E-state index in [0.29, 0.717) is 6.04 Å². The van der Waals surface area contributed by atoms with Gasteiger partial charge < -0.3 is 4.98 Å². The van der Waals surface area contributed by atoms with Gasteiger partial charge in [-0.2, -0.15) is 0 Å². The minimum absolute atomic E-state index is 0.324. The molecule has 2 heteroatoms. The summed E-state index contributed by atoms with van der Waals surface area (Å²) in [5, 5.41) is 1.35. The molecule has 0 fully saturated rings. The van der Waals surface area contributed by atoms with Gasteiger partial charge in [0.1, 0.15) is 0 Å². The van der Waals surface area contributed by atoms with Crippen LogP contribution >= 0.6 is 0 Å². The molecule has 2 bridgehead atoms. The lowest BCUT2D eigenvalue weighted by molar-refractivity contribution is 0.776. The predicted molar refractivity (Wildman–Crippen MR) is 76.0 cm³/mol. The van der Waals surface area contributed by atoms with Gasteiger partial charge in [0.2, 0.25) is 0 Å². The zero-order valence-corrected chi connectivity index (χ0v) is 10.1. The normalized spacial score (nSPS) is 21.3. The largest absolute Gasteiger partial charge is 0.355 e. The zero-order valence-electron chi connectivity index (χ0n) is 10.1. The van der Waals surface area contributed by atoms with Crippen molar-refractivity contribution >= 4 is 23.2 Å². The monoisotopic (exact) mass is 234 g/mol. The van der Waals surface area contributed by atoms with Crippen LogP contribution in [0.3, 0.4) is 0 Å². The molecule has 1 unspecified atom stereocenters. The number of fused-ring (bicyclic) bond motifs is 5. The van der Waals surface area contributed by atoms with Gasteiger partial charge in [-0.1, -0.05) is 29.8 Å². The molecule has 0 saturated carbocycles. The van der Waals surface area contributed by atoms with Crippen molar-refractivity contribution in [3.8, 4) is 0 Å². The highest BCUT2D eigenvalue weighted by Gasteiger charge is 2.17. The summed E-state index contributed by atoms with van der Waals surface area (Å²) in [4.78, 5) is 7.98. The summed E-state index contributed by atoms with van der Waals surface area (Å²) >= 11 is 0. The van der Waals surface area contributed by atoms with Crippen LogP contribution in [0.5, 0.6) is 0 Å². The summed E-state index contributed by atoms with van der Waals surface area (Å²) in [5.41, 5.74) is 5.36. The molecule has 1 atom stereocenters. The third kappa shape index (κ3) is 1.46. The first-order chi connectivity index (χ1) is 8.90. The van der Waals surface area contributed by atoms with Gasteiger partial charge in [-0.05, 0) is 36.6 Å². The Morgan fingerprint density at radius 2 is 2.17 bits per heavy atom. The number of aliphatic imine (C=N–C) groups is 1. The van der Waals surface area contributed by atoms with Crippen LogP contribution in [0.4, 0.5) is 0 Å². The standard InChI is InChI=1S/C16H14N2/c1-2-4-15-13(3-1)14-10-11-7-8-17-12(9-11)5-6-16(14)18-15/h1-8,12,18H,9-10H2. The first-order valence-electron chi connectivity index (χ1n) is 6.39. The van der Waals surface area contributed by atoms with Crippen LogP contribution < -0.4 is 0 Å². The van der Waals surface area contributed by atoms with Crippen molar-refractivity contribution in [2.24, 2.45) is 4.99 Å². The molecule has 2 aliphatic rings. The lowest BCUT2D eigenvalue weighted by atomic mass is 9.92. The Balaban J connectivity index is 1.96. The highest BCUT2D eigenvalue weighted by molar-refractivity contribution is 5.88. The van der Waals surface area contributed by atoms with Crippen molar-refractivity contribution in [3.05, 3.63) is 53.2 Å². The molecule has 0 saturated heterocycles. The first kappa shape index (κ1) is 9.89. The highest BCUT2D eigenvalue weighted by Crippen LogP contribution is 2.30. The van der Waals surface area contributed by atoms with Crippen molar-refractivity contribution in [2.75, 3.05) is 0 Å². The molecule has 88 valence electrons. The molecule has 0 spiro atoms. The number of allylic oxidation sites excluding steroid dienone is 1. The topological polar surface area (TPSA) is 28.1 Å². The van der Waals surface area contributed by atoms with Crippen molar-refractivity contribution in [2.45, 2.75) is 18.9 Å². The van der Waals surface area contributed by atoms with E-state index in [-0.39, 0.29) is 0 Å². The van der Waals surface area contributed by atoms with E-state index in [0.717, 1.165) is 12.8 Å². The molecular weight excluding hydrogens is 220 g/mol. The van der Waals surface area contributed by atoms with E-state index in [2.05, 4.69) is 52.5 Å². The minimum atomic E-state index is 0.324. The maximum Gasteiger partial charge on any atom is 0.0720 e. The van der Waals surface area contributed by atoms with Gasteiger partial charge in [-0.25, -0.2) is 0 Å². The van der Waals surface area contributed by atoms with E-state index in [4.69, 9.17) is 0 Å². The number of dihydropyridines is 1. The van der Waals surface area contributed by atoms with E-state index < -0.39 is 0 Å². The number of nitrogens with one attached hydrogen (secondary N) is 1. The van der Waals surface area contributed by atoms with Crippen LogP contribution in [0.2, 0.25) is 0 Å². The van der Waals surface area contributed by atoms with Gasteiger partial charge >= 0.3 is 0 Å². The van der Waals surface area contributed by atoms with Crippen LogP contribution in [0.15, 0.2) is 47.0 Å². The fourth-order valence-electron chi connectivity index (χ4n) is 2.89. The Bertz CT molecular complexity index is 701. The smallest absolute Gasteiger partial charge is 0.0720 e. The van der Waals surface area contributed by atoms with Crippen LogP contribution in [0.1, 0.15) is 17.7 Å². The third-order valence-corrected chi connectivity index (χ3v) is 3.79. The number of benzene rings is 1. The number of aromatic nitrogens is 1. The average Bonchev–Trinajstić information content (AvgIpc) is 2.74. The Kier molecular flexibility index (Phi) is 2.04. The van der Waals surface area contributed by atoms with E-state index >= 15 is 0 Å². The van der Waals surface area contributed by atoms with E-state index in [9.17, 15) is 0 Å². The summed E-state index contributed by atoms with van der Waals surface area (Å²) in [6.07, 6.45) is 10.6. The Morgan fingerprint density at radius 3 is 3.17 bits per heavy atom. The number of aromatic amines is 1. The second kappa shape index (κ2) is 3.70. The fraction of sp³-hybridized carbons (Fsp3) is 0.188. The molecular formula is C16H14N2. The van der Waals surface area contributed by atoms with Gasteiger partial charge in [-0.15, -0.1) is 0 Å². The summed E-state index contributed by atoms with van der Waals surface area (Å²) in [6, 6.07) is 8.86. The Morgan fingerprint density at radius 1 is 1.22 bits per heavy atom. The molecule has 1 aromatic carbocycles. The van der Waals surface area contributed by atoms with E-state index in [1.807, 2.05) is 6.21 Å². The lowest BCUT2D eigenvalue weighted by Gasteiger charge is -2.17. The predicted octanol–water partition coefficient (Wildman–Crippen LogP) is 3.51. The molecule has 0 radical (unpaired) electrons. The van der Waals surface area contributed by atoms with Crippen LogP contribution in [-0.4, -0.2) is 17.2 Å². The van der Waals surface area contributed by atoms with Crippen LogP contribution in [-0.2, 0) is 6.42 Å². The van der Waals surface area contributed by atoms with Crippen molar-refractivity contribution in [1.82, 2.24) is 4.98 Å². The number of nitrogens with zero attached hydrogens (tertiary/aromatic N) is 1.